The van der Waals surface area contributed by atoms with E-state index in [9.17, 15) is 5.11 Å². The SMILES string of the molecule is Cc1ccccc1-c1cccc(-c2cccc(N(c3ccccc3)c3cc(C)c4ccc5c(N(c6ccccc6)c6cccc7c6oc6c(-c8ccccc8C)cccc67)cc(C)c6ccc3c4c65)c2O)c1. The molecule has 344 valence electrons. The number of rotatable bonds is 9. The predicted molar refractivity (Wildman–Crippen MR) is 304 cm³/mol. The number of benzene rings is 12. The first-order valence-electron chi connectivity index (χ1n) is 24.7. The van der Waals surface area contributed by atoms with E-state index < -0.39 is 0 Å². The van der Waals surface area contributed by atoms with Crippen LogP contribution in [0, 0.1) is 27.7 Å². The highest BCUT2D eigenvalue weighted by Gasteiger charge is 2.27. The normalized spacial score (nSPS) is 11.7. The molecule has 4 nitrogen and oxygen atoms in total. The molecule has 0 aliphatic heterocycles. The van der Waals surface area contributed by atoms with E-state index in [0.717, 1.165) is 94.5 Å². The average Bonchev–Trinajstić information content (AvgIpc) is 3.81. The molecule has 0 unspecified atom stereocenters. The highest BCUT2D eigenvalue weighted by atomic mass is 16.3. The predicted octanol–water partition coefficient (Wildman–Crippen LogP) is 19.4. The zero-order valence-corrected chi connectivity index (χ0v) is 40.6. The van der Waals surface area contributed by atoms with Gasteiger partial charge in [-0.1, -0.05) is 170 Å². The second-order valence-corrected chi connectivity index (χ2v) is 19.2. The minimum absolute atomic E-state index is 0.217. The van der Waals surface area contributed by atoms with Gasteiger partial charge in [-0.25, -0.2) is 0 Å². The van der Waals surface area contributed by atoms with Gasteiger partial charge in [0.15, 0.2) is 5.58 Å². The molecule has 13 rings (SSSR count). The van der Waals surface area contributed by atoms with Crippen molar-refractivity contribution in [1.29, 1.82) is 0 Å². The third-order valence-corrected chi connectivity index (χ3v) is 14.8. The van der Waals surface area contributed by atoms with Crippen LogP contribution in [0.3, 0.4) is 0 Å². The molecule has 4 heteroatoms. The van der Waals surface area contributed by atoms with E-state index in [2.05, 4.69) is 244 Å². The second kappa shape index (κ2) is 17.1. The van der Waals surface area contributed by atoms with Crippen LogP contribution in [0.4, 0.5) is 34.1 Å². The minimum atomic E-state index is 0.217. The number of furan rings is 1. The minimum Gasteiger partial charge on any atom is -0.505 e. The van der Waals surface area contributed by atoms with Crippen molar-refractivity contribution in [2.75, 3.05) is 9.80 Å². The zero-order chi connectivity index (χ0) is 48.6. The van der Waals surface area contributed by atoms with E-state index in [1.165, 1.54) is 43.8 Å². The molecule has 1 aromatic heterocycles. The summed E-state index contributed by atoms with van der Waals surface area (Å²) < 4.78 is 7.15. The van der Waals surface area contributed by atoms with E-state index in [0.29, 0.717) is 5.69 Å². The molecule has 0 spiro atoms. The molecule has 0 aliphatic carbocycles. The summed E-state index contributed by atoms with van der Waals surface area (Å²) in [7, 11) is 0. The van der Waals surface area contributed by atoms with Crippen LogP contribution in [0.15, 0.2) is 229 Å². The summed E-state index contributed by atoms with van der Waals surface area (Å²) in [6.07, 6.45) is 0. The summed E-state index contributed by atoms with van der Waals surface area (Å²) in [6, 6.07) is 79.5. The van der Waals surface area contributed by atoms with Crippen LogP contribution in [0.1, 0.15) is 22.3 Å². The fraction of sp³-hybridized carbons (Fsp3) is 0.0588. The van der Waals surface area contributed by atoms with Gasteiger partial charge in [-0.2, -0.15) is 0 Å². The summed E-state index contributed by atoms with van der Waals surface area (Å²) in [5.41, 5.74) is 18.4. The molecule has 0 radical (unpaired) electrons. The highest BCUT2D eigenvalue weighted by molar-refractivity contribution is 6.29. The molecule has 0 saturated heterocycles. The first-order valence-corrected chi connectivity index (χ1v) is 24.7. The number of nitrogens with zero attached hydrogens (tertiary/aromatic N) is 2. The van der Waals surface area contributed by atoms with Gasteiger partial charge in [0.2, 0.25) is 0 Å². The molecule has 0 aliphatic rings. The van der Waals surface area contributed by atoms with Crippen molar-refractivity contribution in [3.63, 3.8) is 0 Å². The monoisotopic (exact) mass is 926 g/mol. The van der Waals surface area contributed by atoms with Gasteiger partial charge in [0, 0.05) is 44.0 Å². The third kappa shape index (κ3) is 6.82. The Balaban J connectivity index is 1.04. The Kier molecular flexibility index (Phi) is 10.2. The second-order valence-electron chi connectivity index (χ2n) is 19.2. The van der Waals surface area contributed by atoms with Gasteiger partial charge in [0.05, 0.1) is 22.7 Å². The Bertz CT molecular complexity index is 4230. The Morgan fingerprint density at radius 2 is 0.750 bits per heavy atom. The molecule has 0 fully saturated rings. The van der Waals surface area contributed by atoms with Crippen LogP contribution < -0.4 is 9.80 Å². The van der Waals surface area contributed by atoms with E-state index in [1.807, 2.05) is 18.2 Å². The third-order valence-electron chi connectivity index (χ3n) is 14.8. The van der Waals surface area contributed by atoms with Gasteiger partial charge >= 0.3 is 0 Å². The molecule has 1 N–H and O–H groups in total. The van der Waals surface area contributed by atoms with Gasteiger partial charge in [0.25, 0.3) is 0 Å². The summed E-state index contributed by atoms with van der Waals surface area (Å²) >= 11 is 0. The number of para-hydroxylation sites is 5. The largest absolute Gasteiger partial charge is 0.505 e. The van der Waals surface area contributed by atoms with Crippen molar-refractivity contribution >= 4 is 88.4 Å². The number of aromatic hydroxyl groups is 1. The van der Waals surface area contributed by atoms with Crippen LogP contribution >= 0.6 is 0 Å². The van der Waals surface area contributed by atoms with Gasteiger partial charge < -0.3 is 19.3 Å². The van der Waals surface area contributed by atoms with Crippen LogP contribution in [0.5, 0.6) is 5.75 Å². The number of fused-ring (bicyclic) bond motifs is 3. The average molecular weight is 927 g/mol. The van der Waals surface area contributed by atoms with Gasteiger partial charge in [0.1, 0.15) is 11.3 Å². The first kappa shape index (κ1) is 42.9. The van der Waals surface area contributed by atoms with Crippen molar-refractivity contribution in [1.82, 2.24) is 0 Å². The maximum Gasteiger partial charge on any atom is 0.159 e. The Morgan fingerprint density at radius 1 is 0.306 bits per heavy atom. The molecule has 13 aromatic rings. The van der Waals surface area contributed by atoms with Crippen molar-refractivity contribution in [3.8, 4) is 39.1 Å². The molecular weight excluding hydrogens is 877 g/mol. The van der Waals surface area contributed by atoms with Crippen molar-refractivity contribution in [3.05, 3.63) is 247 Å². The Labute approximate surface area is 419 Å². The Hall–Kier alpha value is -9.12. The number of aryl methyl sites for hydroxylation is 4. The zero-order valence-electron chi connectivity index (χ0n) is 40.6. The lowest BCUT2D eigenvalue weighted by atomic mass is 9.88. The molecule has 1 heterocycles. The van der Waals surface area contributed by atoms with Crippen molar-refractivity contribution < 1.29 is 9.52 Å². The quantitative estimate of drug-likeness (QED) is 0.146. The van der Waals surface area contributed by atoms with E-state index in [-0.39, 0.29) is 5.75 Å². The molecular formula is C68H50N2O2. The molecule has 0 bridgehead atoms. The van der Waals surface area contributed by atoms with Crippen LogP contribution in [-0.2, 0) is 0 Å². The number of phenols is 1. The lowest BCUT2D eigenvalue weighted by molar-refractivity contribution is 0.478. The number of phenolic OH excluding ortho intramolecular Hbond substituents is 1. The maximum absolute atomic E-state index is 12.7. The van der Waals surface area contributed by atoms with Crippen LogP contribution in [0.2, 0.25) is 0 Å². The number of anilines is 6. The Morgan fingerprint density at radius 3 is 1.36 bits per heavy atom. The van der Waals surface area contributed by atoms with Crippen LogP contribution in [-0.4, -0.2) is 5.11 Å². The summed E-state index contributed by atoms with van der Waals surface area (Å²) in [5.74, 6) is 0.217. The number of hydrogen-bond acceptors (Lipinski definition) is 4. The molecule has 0 saturated carbocycles. The molecule has 0 atom stereocenters. The first-order chi connectivity index (χ1) is 35.3. The summed E-state index contributed by atoms with van der Waals surface area (Å²) in [4.78, 5) is 4.62. The summed E-state index contributed by atoms with van der Waals surface area (Å²) in [5, 5.41) is 21.8. The highest BCUT2D eigenvalue weighted by Crippen LogP contribution is 2.52. The van der Waals surface area contributed by atoms with Gasteiger partial charge in [-0.15, -0.1) is 0 Å². The van der Waals surface area contributed by atoms with Gasteiger partial charge in [-0.3, -0.25) is 0 Å². The standard InChI is InChI=1S/C68H50N2O2/c1-42-19-11-13-27-50(42)46-21-15-22-47(41-46)54-29-17-33-60(66(54)71)69(48-23-7-5-8-24-48)62-39-44(3)52-36-38-59-63(40-45(4)53-35-37-58(62)64(52)65(53)59)70(49-25-9-6-10-26-49)61-34-18-32-57-56-31-16-30-55(67(56)72-68(57)61)51-28-14-12-20-43(51)2/h5-41,71H,1-4H3. The van der Waals surface area contributed by atoms with Crippen molar-refractivity contribution in [2.24, 2.45) is 0 Å². The fourth-order valence-corrected chi connectivity index (χ4v) is 11.4. The van der Waals surface area contributed by atoms with E-state index in [4.69, 9.17) is 4.42 Å². The lowest BCUT2D eigenvalue weighted by Gasteiger charge is -2.31. The van der Waals surface area contributed by atoms with Gasteiger partial charge in [-0.05, 0) is 148 Å². The molecule has 12 aromatic carbocycles. The van der Waals surface area contributed by atoms with Crippen LogP contribution in [0.25, 0.3) is 87.6 Å². The van der Waals surface area contributed by atoms with Crippen molar-refractivity contribution in [2.45, 2.75) is 27.7 Å². The lowest BCUT2D eigenvalue weighted by Crippen LogP contribution is -2.12. The molecule has 0 amide bonds. The smallest absolute Gasteiger partial charge is 0.159 e. The summed E-state index contributed by atoms with van der Waals surface area (Å²) in [6.45, 7) is 8.75. The van der Waals surface area contributed by atoms with E-state index >= 15 is 0 Å². The molecule has 72 heavy (non-hydrogen) atoms. The maximum atomic E-state index is 12.7. The van der Waals surface area contributed by atoms with E-state index in [1.54, 1.807) is 0 Å². The number of hydrogen-bond donors (Lipinski definition) is 1. The fourth-order valence-electron chi connectivity index (χ4n) is 11.4. The topological polar surface area (TPSA) is 39.9 Å².